The number of nitro benzene ring substituents is 1. The molecular formula is C15H20ClN3O3. The van der Waals surface area contributed by atoms with E-state index in [1.165, 1.54) is 12.1 Å². The number of nitrogens with one attached hydrogen (secondary N) is 1. The zero-order valence-corrected chi connectivity index (χ0v) is 13.3. The van der Waals surface area contributed by atoms with Gasteiger partial charge < -0.3 is 10.2 Å². The Labute approximate surface area is 135 Å². The number of benzene rings is 1. The first-order valence-electron chi connectivity index (χ1n) is 7.30. The number of aryl methyl sites for hydroxylation is 1. The SMILES string of the molecule is Cc1cc(C(=O)N2CCC3CNCC3C2)cc([N+](=O)[O-])c1.Cl. The summed E-state index contributed by atoms with van der Waals surface area (Å²) in [6.07, 6.45) is 1.01. The van der Waals surface area contributed by atoms with Crippen LogP contribution in [-0.4, -0.2) is 41.9 Å². The molecule has 0 spiro atoms. The minimum absolute atomic E-state index is 0. The molecule has 120 valence electrons. The highest BCUT2D eigenvalue weighted by Gasteiger charge is 2.34. The highest BCUT2D eigenvalue weighted by Crippen LogP contribution is 2.28. The number of likely N-dealkylation sites (tertiary alicyclic amines) is 1. The topological polar surface area (TPSA) is 75.5 Å². The Bertz CT molecular complexity index is 593. The Morgan fingerprint density at radius 1 is 1.32 bits per heavy atom. The molecule has 2 aliphatic rings. The first kappa shape index (κ1) is 16.7. The van der Waals surface area contributed by atoms with Crippen LogP contribution >= 0.6 is 12.4 Å². The Kier molecular flexibility index (Phi) is 5.03. The monoisotopic (exact) mass is 325 g/mol. The molecule has 1 N–H and O–H groups in total. The van der Waals surface area contributed by atoms with Gasteiger partial charge in [0.1, 0.15) is 0 Å². The second-order valence-corrected chi connectivity index (χ2v) is 6.03. The van der Waals surface area contributed by atoms with E-state index in [1.54, 1.807) is 13.0 Å². The minimum Gasteiger partial charge on any atom is -0.338 e. The molecule has 1 aromatic carbocycles. The van der Waals surface area contributed by atoms with Crippen molar-refractivity contribution in [2.24, 2.45) is 11.8 Å². The summed E-state index contributed by atoms with van der Waals surface area (Å²) >= 11 is 0. The Hall–Kier alpha value is -1.66. The van der Waals surface area contributed by atoms with Crippen LogP contribution in [0.4, 0.5) is 5.69 Å². The zero-order chi connectivity index (χ0) is 15.0. The van der Waals surface area contributed by atoms with Gasteiger partial charge in [-0.05, 0) is 49.9 Å². The third-order valence-corrected chi connectivity index (χ3v) is 4.51. The molecule has 22 heavy (non-hydrogen) atoms. The first-order valence-corrected chi connectivity index (χ1v) is 7.30. The van der Waals surface area contributed by atoms with Crippen molar-refractivity contribution in [3.63, 3.8) is 0 Å². The maximum Gasteiger partial charge on any atom is 0.270 e. The van der Waals surface area contributed by atoms with Gasteiger partial charge >= 0.3 is 0 Å². The molecule has 0 saturated carbocycles. The van der Waals surface area contributed by atoms with E-state index in [1.807, 2.05) is 4.90 Å². The van der Waals surface area contributed by atoms with Gasteiger partial charge in [-0.2, -0.15) is 0 Å². The zero-order valence-electron chi connectivity index (χ0n) is 12.4. The standard InChI is InChI=1S/C15H19N3O3.ClH/c1-10-4-12(6-14(5-10)18(20)21)15(19)17-3-2-11-7-16-8-13(11)9-17;/h4-6,11,13,16H,2-3,7-9H2,1H3;1H. The van der Waals surface area contributed by atoms with Crippen molar-refractivity contribution in [2.45, 2.75) is 13.3 Å². The van der Waals surface area contributed by atoms with Gasteiger partial charge in [-0.25, -0.2) is 0 Å². The van der Waals surface area contributed by atoms with Crippen LogP contribution in [-0.2, 0) is 0 Å². The van der Waals surface area contributed by atoms with E-state index in [4.69, 9.17) is 0 Å². The van der Waals surface area contributed by atoms with Crippen LogP contribution in [0.25, 0.3) is 0 Å². The molecule has 2 heterocycles. The molecule has 2 saturated heterocycles. The normalized spacial score (nSPS) is 23.6. The van der Waals surface area contributed by atoms with Crippen LogP contribution < -0.4 is 5.32 Å². The lowest BCUT2D eigenvalue weighted by Gasteiger charge is -2.34. The molecule has 2 aliphatic heterocycles. The number of piperidine rings is 1. The third-order valence-electron chi connectivity index (χ3n) is 4.51. The quantitative estimate of drug-likeness (QED) is 0.666. The maximum absolute atomic E-state index is 12.6. The smallest absolute Gasteiger partial charge is 0.270 e. The summed E-state index contributed by atoms with van der Waals surface area (Å²) in [6, 6.07) is 4.60. The summed E-state index contributed by atoms with van der Waals surface area (Å²) in [5.41, 5.74) is 1.15. The summed E-state index contributed by atoms with van der Waals surface area (Å²) in [4.78, 5) is 24.9. The second kappa shape index (κ2) is 6.62. The highest BCUT2D eigenvalue weighted by atomic mass is 35.5. The van der Waals surface area contributed by atoms with Crippen LogP contribution in [0, 0.1) is 28.9 Å². The summed E-state index contributed by atoms with van der Waals surface area (Å²) in [5.74, 6) is 1.09. The Balaban J connectivity index is 0.00000176. The van der Waals surface area contributed by atoms with E-state index in [0.717, 1.165) is 38.2 Å². The number of fused-ring (bicyclic) bond motifs is 1. The number of non-ortho nitro benzene ring substituents is 1. The molecule has 2 unspecified atom stereocenters. The van der Waals surface area contributed by atoms with Gasteiger partial charge in [0.25, 0.3) is 11.6 Å². The van der Waals surface area contributed by atoms with Gasteiger partial charge in [0.05, 0.1) is 4.92 Å². The van der Waals surface area contributed by atoms with Gasteiger partial charge in [-0.15, -0.1) is 12.4 Å². The molecule has 1 aromatic rings. The average molecular weight is 326 g/mol. The minimum atomic E-state index is -0.448. The lowest BCUT2D eigenvalue weighted by molar-refractivity contribution is -0.384. The van der Waals surface area contributed by atoms with E-state index >= 15 is 0 Å². The number of carbonyl (C=O) groups excluding carboxylic acids is 1. The van der Waals surface area contributed by atoms with Crippen LogP contribution in [0.2, 0.25) is 0 Å². The maximum atomic E-state index is 12.6. The fraction of sp³-hybridized carbons (Fsp3) is 0.533. The predicted octanol–water partition coefficient (Wildman–Crippen LogP) is 2.01. The number of nitro groups is 1. The van der Waals surface area contributed by atoms with Crippen molar-refractivity contribution in [2.75, 3.05) is 26.2 Å². The van der Waals surface area contributed by atoms with Crippen molar-refractivity contribution in [1.82, 2.24) is 10.2 Å². The molecule has 1 amide bonds. The van der Waals surface area contributed by atoms with E-state index in [9.17, 15) is 14.9 Å². The van der Waals surface area contributed by atoms with Gasteiger partial charge in [-0.1, -0.05) is 0 Å². The molecule has 0 bridgehead atoms. The van der Waals surface area contributed by atoms with E-state index < -0.39 is 4.92 Å². The predicted molar refractivity (Wildman–Crippen MR) is 85.5 cm³/mol. The molecule has 0 aliphatic carbocycles. The molecule has 6 nitrogen and oxygen atoms in total. The van der Waals surface area contributed by atoms with E-state index in [0.29, 0.717) is 17.4 Å². The molecule has 2 atom stereocenters. The second-order valence-electron chi connectivity index (χ2n) is 6.03. The van der Waals surface area contributed by atoms with Gasteiger partial charge in [0.2, 0.25) is 0 Å². The molecule has 2 fully saturated rings. The van der Waals surface area contributed by atoms with Crippen LogP contribution in [0.3, 0.4) is 0 Å². The Morgan fingerprint density at radius 3 is 2.77 bits per heavy atom. The molecule has 3 rings (SSSR count). The third kappa shape index (κ3) is 3.23. The number of amides is 1. The molecule has 7 heteroatoms. The number of rotatable bonds is 2. The van der Waals surface area contributed by atoms with Gasteiger partial charge in [-0.3, -0.25) is 14.9 Å². The fourth-order valence-corrected chi connectivity index (χ4v) is 3.39. The van der Waals surface area contributed by atoms with Crippen LogP contribution in [0.1, 0.15) is 22.3 Å². The van der Waals surface area contributed by atoms with Crippen molar-refractivity contribution in [3.8, 4) is 0 Å². The largest absolute Gasteiger partial charge is 0.338 e. The number of carbonyl (C=O) groups is 1. The number of hydrogen-bond acceptors (Lipinski definition) is 4. The number of nitrogens with zero attached hydrogens (tertiary/aromatic N) is 2. The van der Waals surface area contributed by atoms with Gasteiger partial charge in [0, 0.05) is 30.8 Å². The van der Waals surface area contributed by atoms with Crippen molar-refractivity contribution < 1.29 is 9.72 Å². The first-order chi connectivity index (χ1) is 10.0. The summed E-state index contributed by atoms with van der Waals surface area (Å²) in [5, 5.41) is 14.3. The van der Waals surface area contributed by atoms with E-state index in [2.05, 4.69) is 5.32 Å². The summed E-state index contributed by atoms with van der Waals surface area (Å²) in [7, 11) is 0. The van der Waals surface area contributed by atoms with E-state index in [-0.39, 0.29) is 24.0 Å². The molecular weight excluding hydrogens is 306 g/mol. The molecule has 0 radical (unpaired) electrons. The summed E-state index contributed by atoms with van der Waals surface area (Å²) < 4.78 is 0. The molecule has 0 aromatic heterocycles. The highest BCUT2D eigenvalue weighted by molar-refractivity contribution is 5.95. The van der Waals surface area contributed by atoms with Gasteiger partial charge in [0.15, 0.2) is 0 Å². The number of halogens is 1. The Morgan fingerprint density at radius 2 is 2.05 bits per heavy atom. The van der Waals surface area contributed by atoms with Crippen molar-refractivity contribution >= 4 is 24.0 Å². The lowest BCUT2D eigenvalue weighted by atomic mass is 9.88. The number of hydrogen-bond donors (Lipinski definition) is 1. The summed E-state index contributed by atoms with van der Waals surface area (Å²) in [6.45, 7) is 5.27. The fourth-order valence-electron chi connectivity index (χ4n) is 3.39. The average Bonchev–Trinajstić information content (AvgIpc) is 2.93. The lowest BCUT2D eigenvalue weighted by Crippen LogP contribution is -2.43. The van der Waals surface area contributed by atoms with Crippen LogP contribution in [0.5, 0.6) is 0 Å². The van der Waals surface area contributed by atoms with Crippen molar-refractivity contribution in [1.29, 1.82) is 0 Å². The van der Waals surface area contributed by atoms with Crippen molar-refractivity contribution in [3.05, 3.63) is 39.4 Å². The van der Waals surface area contributed by atoms with Crippen LogP contribution in [0.15, 0.2) is 18.2 Å².